The van der Waals surface area contributed by atoms with Gasteiger partial charge in [0.1, 0.15) is 11.5 Å². The minimum atomic E-state index is -0.570. The van der Waals surface area contributed by atoms with Gasteiger partial charge in [0.2, 0.25) is 0 Å². The number of phenolic OH excluding ortho intramolecular Hbond substituents is 2. The Labute approximate surface area is 125 Å². The first-order chi connectivity index (χ1) is 9.88. The van der Waals surface area contributed by atoms with Gasteiger partial charge in [-0.1, -0.05) is 11.6 Å². The van der Waals surface area contributed by atoms with Crippen molar-refractivity contribution in [3.8, 4) is 11.5 Å². The van der Waals surface area contributed by atoms with Gasteiger partial charge in [-0.15, -0.1) is 0 Å². The number of phenols is 2. The van der Waals surface area contributed by atoms with E-state index in [1.807, 2.05) is 0 Å². The van der Waals surface area contributed by atoms with Crippen molar-refractivity contribution >= 4 is 23.2 Å². The lowest BCUT2D eigenvalue weighted by Crippen LogP contribution is -2.20. The standard InChI is InChI=1S/C13H13ClN4O3/c1-7(9-5-8(19)3-4-11(9)20)15-16-13(21)12-10(14)6-18(2)17-12/h3-6,19-20H,1-2H3,(H,16,21). The molecule has 0 atom stereocenters. The van der Waals surface area contributed by atoms with Crippen LogP contribution in [0, 0.1) is 0 Å². The summed E-state index contributed by atoms with van der Waals surface area (Å²) in [6, 6.07) is 4.02. The fourth-order valence-electron chi connectivity index (χ4n) is 1.68. The number of hydrogen-bond acceptors (Lipinski definition) is 5. The Morgan fingerprint density at radius 3 is 2.76 bits per heavy atom. The highest BCUT2D eigenvalue weighted by Gasteiger charge is 2.14. The molecule has 0 aliphatic rings. The van der Waals surface area contributed by atoms with E-state index >= 15 is 0 Å². The highest BCUT2D eigenvalue weighted by Crippen LogP contribution is 2.22. The second kappa shape index (κ2) is 5.84. The quantitative estimate of drug-likeness (QED) is 0.456. The number of halogens is 1. The zero-order valence-corrected chi connectivity index (χ0v) is 12.1. The fourth-order valence-corrected chi connectivity index (χ4v) is 1.94. The molecule has 0 saturated heterocycles. The predicted molar refractivity (Wildman–Crippen MR) is 77.7 cm³/mol. The van der Waals surface area contributed by atoms with Crippen LogP contribution < -0.4 is 5.43 Å². The maximum Gasteiger partial charge on any atom is 0.293 e. The van der Waals surface area contributed by atoms with Crippen LogP contribution in [0.1, 0.15) is 23.0 Å². The van der Waals surface area contributed by atoms with E-state index in [0.717, 1.165) is 0 Å². The molecule has 3 N–H and O–H groups in total. The van der Waals surface area contributed by atoms with Crippen molar-refractivity contribution in [3.05, 3.63) is 40.7 Å². The van der Waals surface area contributed by atoms with Crippen molar-refractivity contribution in [2.24, 2.45) is 12.1 Å². The molecule has 2 rings (SSSR count). The summed E-state index contributed by atoms with van der Waals surface area (Å²) in [6.45, 7) is 1.58. The van der Waals surface area contributed by atoms with Gasteiger partial charge in [-0.25, -0.2) is 5.43 Å². The van der Waals surface area contributed by atoms with E-state index in [2.05, 4.69) is 15.6 Å². The Morgan fingerprint density at radius 2 is 2.14 bits per heavy atom. The molecule has 8 heteroatoms. The van der Waals surface area contributed by atoms with Crippen LogP contribution in [0.15, 0.2) is 29.5 Å². The number of rotatable bonds is 3. The number of carbonyl (C=O) groups is 1. The van der Waals surface area contributed by atoms with E-state index in [0.29, 0.717) is 11.3 Å². The van der Waals surface area contributed by atoms with Crippen LogP contribution in [-0.2, 0) is 7.05 Å². The second-order valence-electron chi connectivity index (χ2n) is 4.34. The lowest BCUT2D eigenvalue weighted by Gasteiger charge is -2.05. The number of nitrogens with one attached hydrogen (secondary N) is 1. The third-order valence-electron chi connectivity index (χ3n) is 2.69. The number of benzene rings is 1. The Kier molecular flexibility index (Phi) is 4.13. The van der Waals surface area contributed by atoms with E-state index in [1.54, 1.807) is 14.0 Å². The van der Waals surface area contributed by atoms with Crippen molar-refractivity contribution < 1.29 is 15.0 Å². The van der Waals surface area contributed by atoms with Gasteiger partial charge in [0.25, 0.3) is 5.91 Å². The van der Waals surface area contributed by atoms with Gasteiger partial charge in [-0.2, -0.15) is 10.2 Å². The summed E-state index contributed by atoms with van der Waals surface area (Å²) in [6.07, 6.45) is 1.49. The van der Waals surface area contributed by atoms with Crippen LogP contribution in [0.3, 0.4) is 0 Å². The van der Waals surface area contributed by atoms with Crippen molar-refractivity contribution in [3.63, 3.8) is 0 Å². The summed E-state index contributed by atoms with van der Waals surface area (Å²) in [7, 11) is 1.64. The van der Waals surface area contributed by atoms with E-state index in [1.165, 1.54) is 29.1 Å². The summed E-state index contributed by atoms with van der Waals surface area (Å²) in [5, 5.41) is 27.1. The molecule has 110 valence electrons. The predicted octanol–water partition coefficient (Wildman–Crippen LogP) is 1.64. The van der Waals surface area contributed by atoms with Crippen LogP contribution in [0.2, 0.25) is 5.02 Å². The molecule has 0 saturated carbocycles. The summed E-state index contributed by atoms with van der Waals surface area (Å²) in [5.74, 6) is -0.643. The largest absolute Gasteiger partial charge is 0.508 e. The normalized spacial score (nSPS) is 11.5. The number of aromatic nitrogens is 2. The molecule has 0 bridgehead atoms. The molecule has 1 amide bonds. The average molecular weight is 309 g/mol. The monoisotopic (exact) mass is 308 g/mol. The van der Waals surface area contributed by atoms with Crippen molar-refractivity contribution in [2.45, 2.75) is 6.92 Å². The lowest BCUT2D eigenvalue weighted by molar-refractivity contribution is 0.0949. The van der Waals surface area contributed by atoms with Crippen molar-refractivity contribution in [1.82, 2.24) is 15.2 Å². The maximum absolute atomic E-state index is 11.9. The molecule has 2 aromatic rings. The van der Waals surface area contributed by atoms with E-state index in [4.69, 9.17) is 11.6 Å². The number of aromatic hydroxyl groups is 2. The first kappa shape index (κ1) is 14.9. The number of hydrogen-bond donors (Lipinski definition) is 3. The Hall–Kier alpha value is -2.54. The van der Waals surface area contributed by atoms with Crippen LogP contribution in [0.25, 0.3) is 0 Å². The second-order valence-corrected chi connectivity index (χ2v) is 4.75. The van der Waals surface area contributed by atoms with Gasteiger partial charge in [-0.3, -0.25) is 9.48 Å². The van der Waals surface area contributed by atoms with Gasteiger partial charge in [0.05, 0.1) is 10.7 Å². The summed E-state index contributed by atoms with van der Waals surface area (Å²) < 4.78 is 1.41. The molecular weight excluding hydrogens is 296 g/mol. The minimum absolute atomic E-state index is 0.0172. The van der Waals surface area contributed by atoms with Gasteiger partial charge in [-0.05, 0) is 25.1 Å². The molecule has 21 heavy (non-hydrogen) atoms. The molecule has 1 heterocycles. The van der Waals surface area contributed by atoms with E-state index in [9.17, 15) is 15.0 Å². The average Bonchev–Trinajstić information content (AvgIpc) is 2.77. The number of nitrogens with zero attached hydrogens (tertiary/aromatic N) is 3. The molecule has 0 fully saturated rings. The molecule has 7 nitrogen and oxygen atoms in total. The first-order valence-corrected chi connectivity index (χ1v) is 6.32. The Balaban J connectivity index is 2.19. The van der Waals surface area contributed by atoms with Gasteiger partial charge >= 0.3 is 0 Å². The van der Waals surface area contributed by atoms with Gasteiger partial charge in [0.15, 0.2) is 5.69 Å². The number of amides is 1. The summed E-state index contributed by atoms with van der Waals surface area (Å²) in [5.41, 5.74) is 2.98. The number of hydrazone groups is 1. The summed E-state index contributed by atoms with van der Waals surface area (Å²) in [4.78, 5) is 11.9. The number of carbonyl (C=O) groups excluding carboxylic acids is 1. The van der Waals surface area contributed by atoms with Gasteiger partial charge < -0.3 is 10.2 Å². The molecule has 0 spiro atoms. The number of aryl methyl sites for hydroxylation is 1. The first-order valence-electron chi connectivity index (χ1n) is 5.94. The third kappa shape index (κ3) is 3.32. The van der Waals surface area contributed by atoms with Crippen molar-refractivity contribution in [2.75, 3.05) is 0 Å². The van der Waals surface area contributed by atoms with Crippen LogP contribution in [-0.4, -0.2) is 31.6 Å². The van der Waals surface area contributed by atoms with Crippen LogP contribution >= 0.6 is 11.6 Å². The van der Waals surface area contributed by atoms with E-state index < -0.39 is 5.91 Å². The Bertz CT molecular complexity index is 724. The van der Waals surface area contributed by atoms with Gasteiger partial charge in [0, 0.05) is 18.8 Å². The smallest absolute Gasteiger partial charge is 0.293 e. The topological polar surface area (TPSA) is 99.7 Å². The molecule has 1 aromatic carbocycles. The third-order valence-corrected chi connectivity index (χ3v) is 2.97. The van der Waals surface area contributed by atoms with E-state index in [-0.39, 0.29) is 22.2 Å². The molecule has 0 aliphatic carbocycles. The zero-order chi connectivity index (χ0) is 15.6. The molecular formula is C13H13ClN4O3. The van der Waals surface area contributed by atoms with Crippen LogP contribution in [0.4, 0.5) is 0 Å². The molecule has 0 radical (unpaired) electrons. The minimum Gasteiger partial charge on any atom is -0.508 e. The maximum atomic E-state index is 11.9. The van der Waals surface area contributed by atoms with Crippen LogP contribution in [0.5, 0.6) is 11.5 Å². The molecule has 1 aromatic heterocycles. The fraction of sp³-hybridized carbons (Fsp3) is 0.154. The highest BCUT2D eigenvalue weighted by atomic mass is 35.5. The molecule has 0 aliphatic heterocycles. The highest BCUT2D eigenvalue weighted by molar-refractivity contribution is 6.33. The Morgan fingerprint density at radius 1 is 1.43 bits per heavy atom. The zero-order valence-electron chi connectivity index (χ0n) is 11.3. The lowest BCUT2D eigenvalue weighted by atomic mass is 10.1. The summed E-state index contributed by atoms with van der Waals surface area (Å²) >= 11 is 5.85. The molecule has 0 unspecified atom stereocenters. The SMILES string of the molecule is CC(=NNC(=O)c1nn(C)cc1Cl)c1cc(O)ccc1O. The van der Waals surface area contributed by atoms with Crippen molar-refractivity contribution in [1.29, 1.82) is 0 Å².